The van der Waals surface area contributed by atoms with E-state index in [1.54, 1.807) is 41.6 Å². The van der Waals surface area contributed by atoms with Crippen LogP contribution in [0.2, 0.25) is 0 Å². The van der Waals surface area contributed by atoms with E-state index in [1.165, 1.54) is 0 Å². The number of hydrogen-bond acceptors (Lipinski definition) is 6. The highest BCUT2D eigenvalue weighted by atomic mass is 16.1. The van der Waals surface area contributed by atoms with Crippen LogP contribution in [-0.2, 0) is 6.54 Å². The molecule has 0 aliphatic carbocycles. The van der Waals surface area contributed by atoms with Gasteiger partial charge in [-0.15, -0.1) is 0 Å². The first-order chi connectivity index (χ1) is 12.2. The first-order valence-electron chi connectivity index (χ1n) is 8.21. The van der Waals surface area contributed by atoms with Gasteiger partial charge in [0.1, 0.15) is 5.82 Å². The highest BCUT2D eigenvalue weighted by Crippen LogP contribution is 2.23. The van der Waals surface area contributed by atoms with Gasteiger partial charge in [0.2, 0.25) is 0 Å². The lowest BCUT2D eigenvalue weighted by Gasteiger charge is -2.39. The fraction of sp³-hybridized carbons (Fsp3) is 0.278. The van der Waals surface area contributed by atoms with Crippen molar-refractivity contribution in [2.75, 3.05) is 18.0 Å². The third kappa shape index (κ3) is 3.26. The smallest absolute Gasteiger partial charge is 0.266 e. The van der Waals surface area contributed by atoms with E-state index in [1.807, 2.05) is 19.1 Å². The van der Waals surface area contributed by atoms with E-state index in [0.29, 0.717) is 12.5 Å². The van der Waals surface area contributed by atoms with Crippen LogP contribution in [0.25, 0.3) is 11.3 Å². The Morgan fingerprint density at radius 2 is 2.00 bits per heavy atom. The summed E-state index contributed by atoms with van der Waals surface area (Å²) in [5.41, 5.74) is 2.49. The Hall–Kier alpha value is -3.09. The summed E-state index contributed by atoms with van der Waals surface area (Å²) in [5.74, 6) is 1.25. The van der Waals surface area contributed by atoms with Crippen LogP contribution >= 0.6 is 0 Å². The molecule has 4 rings (SSSR count). The number of aryl methyl sites for hydroxylation is 1. The Morgan fingerprint density at radius 1 is 1.12 bits per heavy atom. The molecule has 1 aliphatic rings. The van der Waals surface area contributed by atoms with Gasteiger partial charge < -0.3 is 4.90 Å². The highest BCUT2D eigenvalue weighted by molar-refractivity contribution is 5.56. The lowest BCUT2D eigenvalue weighted by molar-refractivity contribution is 0.333. The van der Waals surface area contributed by atoms with E-state index in [0.717, 1.165) is 35.9 Å². The summed E-state index contributed by atoms with van der Waals surface area (Å²) in [6.07, 6.45) is 7.03. The molecular weight excluding hydrogens is 316 g/mol. The summed E-state index contributed by atoms with van der Waals surface area (Å²) < 4.78 is 1.55. The monoisotopic (exact) mass is 334 g/mol. The third-order valence-electron chi connectivity index (χ3n) is 4.30. The van der Waals surface area contributed by atoms with Gasteiger partial charge in [-0.25, -0.2) is 9.67 Å². The molecule has 7 nitrogen and oxygen atoms in total. The SMILES string of the molecule is Cc1cnc(N2CC(Cn3nc(-c4cccnc4)ccc3=O)C2)cn1. The van der Waals surface area contributed by atoms with E-state index < -0.39 is 0 Å². The topological polar surface area (TPSA) is 76.8 Å². The molecule has 3 aromatic heterocycles. The van der Waals surface area contributed by atoms with E-state index in [-0.39, 0.29) is 5.56 Å². The second kappa shape index (κ2) is 6.43. The van der Waals surface area contributed by atoms with Gasteiger partial charge in [-0.05, 0) is 25.1 Å². The maximum atomic E-state index is 12.1. The molecule has 0 atom stereocenters. The molecule has 0 N–H and O–H groups in total. The Labute approximate surface area is 145 Å². The second-order valence-electron chi connectivity index (χ2n) is 6.27. The Balaban J connectivity index is 1.45. The van der Waals surface area contributed by atoms with Crippen LogP contribution in [0.4, 0.5) is 5.82 Å². The van der Waals surface area contributed by atoms with Crippen LogP contribution in [0.15, 0.2) is 53.8 Å². The molecular formula is C18H18N6O. The average molecular weight is 334 g/mol. The van der Waals surface area contributed by atoms with Gasteiger partial charge in [0.15, 0.2) is 0 Å². The first kappa shape index (κ1) is 15.4. The quantitative estimate of drug-likeness (QED) is 0.720. The Morgan fingerprint density at radius 3 is 2.72 bits per heavy atom. The van der Waals surface area contributed by atoms with Crippen molar-refractivity contribution in [1.82, 2.24) is 24.7 Å². The standard InChI is InChI=1S/C18H18N6O/c1-13-7-21-17(9-20-13)23-10-14(11-23)12-24-18(25)5-4-16(22-24)15-3-2-6-19-8-15/h2-9,14H,10-12H2,1H3. The van der Waals surface area contributed by atoms with Crippen LogP contribution in [0, 0.1) is 12.8 Å². The van der Waals surface area contributed by atoms with Gasteiger partial charge in [-0.1, -0.05) is 0 Å². The number of pyridine rings is 1. The maximum Gasteiger partial charge on any atom is 0.266 e. The van der Waals surface area contributed by atoms with E-state index in [2.05, 4.69) is 25.0 Å². The van der Waals surface area contributed by atoms with Crippen LogP contribution in [-0.4, -0.2) is 37.8 Å². The van der Waals surface area contributed by atoms with Crippen molar-refractivity contribution >= 4 is 5.82 Å². The molecule has 0 spiro atoms. The molecule has 4 heterocycles. The number of aromatic nitrogens is 5. The highest BCUT2D eigenvalue weighted by Gasteiger charge is 2.28. The molecule has 0 saturated carbocycles. The Bertz CT molecular complexity index is 916. The molecule has 126 valence electrons. The minimum Gasteiger partial charge on any atom is -0.355 e. The van der Waals surface area contributed by atoms with Crippen molar-refractivity contribution in [3.05, 3.63) is 65.1 Å². The van der Waals surface area contributed by atoms with Gasteiger partial charge in [0.05, 0.1) is 30.3 Å². The summed E-state index contributed by atoms with van der Waals surface area (Å²) in [4.78, 5) is 27.0. The second-order valence-corrected chi connectivity index (χ2v) is 6.27. The first-order valence-corrected chi connectivity index (χ1v) is 8.21. The van der Waals surface area contributed by atoms with Gasteiger partial charge in [0, 0.05) is 43.0 Å². The van der Waals surface area contributed by atoms with Gasteiger partial charge >= 0.3 is 0 Å². The molecule has 0 amide bonds. The summed E-state index contributed by atoms with van der Waals surface area (Å²) in [7, 11) is 0. The normalized spacial score (nSPS) is 14.4. The van der Waals surface area contributed by atoms with Crippen molar-refractivity contribution in [3.8, 4) is 11.3 Å². The molecule has 0 aromatic carbocycles. The van der Waals surface area contributed by atoms with Crippen LogP contribution < -0.4 is 10.5 Å². The average Bonchev–Trinajstić information content (AvgIpc) is 2.61. The lowest BCUT2D eigenvalue weighted by Crippen LogP contribution is -2.50. The fourth-order valence-corrected chi connectivity index (χ4v) is 2.91. The summed E-state index contributed by atoms with van der Waals surface area (Å²) >= 11 is 0. The van der Waals surface area contributed by atoms with Gasteiger partial charge in [0.25, 0.3) is 5.56 Å². The molecule has 7 heteroatoms. The molecule has 0 radical (unpaired) electrons. The van der Waals surface area contributed by atoms with Crippen LogP contribution in [0.3, 0.4) is 0 Å². The molecule has 25 heavy (non-hydrogen) atoms. The zero-order valence-corrected chi connectivity index (χ0v) is 13.9. The minimum absolute atomic E-state index is 0.0822. The van der Waals surface area contributed by atoms with Gasteiger partial charge in [-0.2, -0.15) is 5.10 Å². The van der Waals surface area contributed by atoms with Crippen LogP contribution in [0.5, 0.6) is 0 Å². The maximum absolute atomic E-state index is 12.1. The van der Waals surface area contributed by atoms with Crippen molar-refractivity contribution in [3.63, 3.8) is 0 Å². The molecule has 1 saturated heterocycles. The van der Waals surface area contributed by atoms with Crippen molar-refractivity contribution < 1.29 is 0 Å². The summed E-state index contributed by atoms with van der Waals surface area (Å²) in [5, 5.41) is 4.49. The van der Waals surface area contributed by atoms with Gasteiger partial charge in [-0.3, -0.25) is 14.8 Å². The molecule has 1 aliphatic heterocycles. The van der Waals surface area contributed by atoms with Crippen LogP contribution in [0.1, 0.15) is 5.69 Å². The predicted molar refractivity (Wildman–Crippen MR) is 94.2 cm³/mol. The molecule has 3 aromatic rings. The molecule has 0 bridgehead atoms. The summed E-state index contributed by atoms with van der Waals surface area (Å²) in [6.45, 7) is 4.22. The van der Waals surface area contributed by atoms with E-state index in [4.69, 9.17) is 0 Å². The zero-order valence-electron chi connectivity index (χ0n) is 13.9. The number of rotatable bonds is 4. The number of nitrogens with zero attached hydrogens (tertiary/aromatic N) is 6. The summed E-state index contributed by atoms with van der Waals surface area (Å²) in [6, 6.07) is 7.10. The lowest BCUT2D eigenvalue weighted by atomic mass is 10.0. The minimum atomic E-state index is -0.0822. The van der Waals surface area contributed by atoms with Crippen molar-refractivity contribution in [2.24, 2.45) is 5.92 Å². The fourth-order valence-electron chi connectivity index (χ4n) is 2.91. The number of hydrogen-bond donors (Lipinski definition) is 0. The molecule has 1 fully saturated rings. The van der Waals surface area contributed by atoms with E-state index >= 15 is 0 Å². The van der Waals surface area contributed by atoms with E-state index in [9.17, 15) is 4.79 Å². The Kier molecular flexibility index (Phi) is 3.97. The predicted octanol–water partition coefficient (Wildman–Crippen LogP) is 1.54. The molecule has 0 unspecified atom stereocenters. The zero-order chi connectivity index (χ0) is 17.2. The van der Waals surface area contributed by atoms with Crippen molar-refractivity contribution in [1.29, 1.82) is 0 Å². The van der Waals surface area contributed by atoms with Crippen molar-refractivity contribution in [2.45, 2.75) is 13.5 Å². The largest absolute Gasteiger partial charge is 0.355 e. The third-order valence-corrected chi connectivity index (χ3v) is 4.30. The number of anilines is 1.